The molecule has 0 heterocycles. The highest BCUT2D eigenvalue weighted by Gasteiger charge is 2.10. The van der Waals surface area contributed by atoms with Crippen molar-refractivity contribution >= 4 is 0 Å². The van der Waals surface area contributed by atoms with Crippen molar-refractivity contribution in [2.75, 3.05) is 0 Å². The van der Waals surface area contributed by atoms with Gasteiger partial charge < -0.3 is 5.73 Å². The van der Waals surface area contributed by atoms with Crippen molar-refractivity contribution in [2.45, 2.75) is 45.6 Å². The molecule has 1 nitrogen and oxygen atoms in total. The molecule has 0 unspecified atom stereocenters. The first-order valence-electron chi connectivity index (χ1n) is 7.44. The van der Waals surface area contributed by atoms with Crippen molar-refractivity contribution < 1.29 is 0 Å². The van der Waals surface area contributed by atoms with Gasteiger partial charge in [-0.2, -0.15) is 0 Å². The van der Waals surface area contributed by atoms with Gasteiger partial charge in [0, 0.05) is 0 Å². The molecular formula is C19H25N. The summed E-state index contributed by atoms with van der Waals surface area (Å²) >= 11 is 0. The molecule has 0 radical (unpaired) electrons. The number of benzene rings is 2. The second-order valence-corrected chi connectivity index (χ2v) is 6.12. The van der Waals surface area contributed by atoms with Crippen LogP contribution in [0.4, 0.5) is 0 Å². The SMILES string of the molecule is CC(C)c1ccc(C(N)c2ccc(C(C)C)cc2)cc1. The lowest BCUT2D eigenvalue weighted by Crippen LogP contribution is -2.12. The fourth-order valence-electron chi connectivity index (χ4n) is 2.37. The molecule has 20 heavy (non-hydrogen) atoms. The Bertz CT molecular complexity index is 483. The van der Waals surface area contributed by atoms with Gasteiger partial charge in [0.25, 0.3) is 0 Å². The minimum Gasteiger partial charge on any atom is -0.320 e. The van der Waals surface area contributed by atoms with Crippen LogP contribution in [0.2, 0.25) is 0 Å². The zero-order valence-electron chi connectivity index (χ0n) is 12.9. The molecule has 2 aromatic rings. The van der Waals surface area contributed by atoms with Crippen LogP contribution < -0.4 is 5.73 Å². The number of nitrogens with two attached hydrogens (primary N) is 1. The molecule has 2 aromatic carbocycles. The highest BCUT2D eigenvalue weighted by Crippen LogP contribution is 2.24. The average Bonchev–Trinajstić information content (AvgIpc) is 2.46. The Morgan fingerprint density at radius 1 is 0.550 bits per heavy atom. The van der Waals surface area contributed by atoms with Crippen LogP contribution in [0.1, 0.15) is 67.8 Å². The van der Waals surface area contributed by atoms with E-state index in [1.807, 2.05) is 0 Å². The zero-order valence-corrected chi connectivity index (χ0v) is 12.9. The van der Waals surface area contributed by atoms with Crippen LogP contribution in [0.15, 0.2) is 48.5 Å². The summed E-state index contributed by atoms with van der Waals surface area (Å²) in [6, 6.07) is 17.3. The van der Waals surface area contributed by atoms with Gasteiger partial charge in [-0.1, -0.05) is 76.2 Å². The Balaban J connectivity index is 2.19. The maximum absolute atomic E-state index is 6.37. The minimum atomic E-state index is -0.0441. The molecule has 0 saturated heterocycles. The summed E-state index contributed by atoms with van der Waals surface area (Å²) in [6.07, 6.45) is 0. The molecule has 0 aliphatic carbocycles. The van der Waals surface area contributed by atoms with Crippen LogP contribution in [0.3, 0.4) is 0 Å². The van der Waals surface area contributed by atoms with Crippen LogP contribution >= 0.6 is 0 Å². The number of hydrogen-bond donors (Lipinski definition) is 1. The number of rotatable bonds is 4. The van der Waals surface area contributed by atoms with E-state index < -0.39 is 0 Å². The summed E-state index contributed by atoms with van der Waals surface area (Å²) in [5, 5.41) is 0. The van der Waals surface area contributed by atoms with Gasteiger partial charge in [-0.3, -0.25) is 0 Å². The third-order valence-electron chi connectivity index (χ3n) is 3.92. The molecule has 1 heteroatoms. The summed E-state index contributed by atoms with van der Waals surface area (Å²) < 4.78 is 0. The predicted molar refractivity (Wildman–Crippen MR) is 87.1 cm³/mol. The highest BCUT2D eigenvalue weighted by atomic mass is 14.6. The third-order valence-corrected chi connectivity index (χ3v) is 3.92. The Hall–Kier alpha value is -1.60. The molecule has 0 aliphatic heterocycles. The van der Waals surface area contributed by atoms with Gasteiger partial charge >= 0.3 is 0 Å². The van der Waals surface area contributed by atoms with E-state index in [-0.39, 0.29) is 6.04 Å². The molecule has 0 saturated carbocycles. The van der Waals surface area contributed by atoms with Crippen molar-refractivity contribution in [3.63, 3.8) is 0 Å². The zero-order chi connectivity index (χ0) is 14.7. The summed E-state index contributed by atoms with van der Waals surface area (Å²) in [5.74, 6) is 1.12. The summed E-state index contributed by atoms with van der Waals surface area (Å²) in [6.45, 7) is 8.83. The molecule has 2 N–H and O–H groups in total. The van der Waals surface area contributed by atoms with Gasteiger partial charge in [0.15, 0.2) is 0 Å². The van der Waals surface area contributed by atoms with E-state index in [4.69, 9.17) is 5.73 Å². The van der Waals surface area contributed by atoms with E-state index in [1.165, 1.54) is 22.3 Å². The standard InChI is InChI=1S/C19H25N/c1-13(2)15-5-9-17(10-6-15)19(20)18-11-7-16(8-12-18)14(3)4/h5-14,19H,20H2,1-4H3. The van der Waals surface area contributed by atoms with Crippen molar-refractivity contribution in [1.29, 1.82) is 0 Å². The van der Waals surface area contributed by atoms with E-state index in [9.17, 15) is 0 Å². The van der Waals surface area contributed by atoms with Gasteiger partial charge in [0.05, 0.1) is 6.04 Å². The fourth-order valence-corrected chi connectivity index (χ4v) is 2.37. The summed E-state index contributed by atoms with van der Waals surface area (Å²) in [4.78, 5) is 0. The van der Waals surface area contributed by atoms with Gasteiger partial charge in [-0.25, -0.2) is 0 Å². The minimum absolute atomic E-state index is 0.0441. The van der Waals surface area contributed by atoms with Gasteiger partial charge in [0.1, 0.15) is 0 Å². The Kier molecular flexibility index (Phi) is 4.61. The van der Waals surface area contributed by atoms with Gasteiger partial charge in [0.2, 0.25) is 0 Å². The topological polar surface area (TPSA) is 26.0 Å². The van der Waals surface area contributed by atoms with Gasteiger partial charge in [-0.15, -0.1) is 0 Å². The smallest absolute Gasteiger partial charge is 0.0551 e. The largest absolute Gasteiger partial charge is 0.320 e. The molecule has 0 atom stereocenters. The lowest BCUT2D eigenvalue weighted by Gasteiger charge is -2.15. The second-order valence-electron chi connectivity index (χ2n) is 6.12. The molecule has 0 bridgehead atoms. The van der Waals surface area contributed by atoms with Crippen LogP contribution in [-0.2, 0) is 0 Å². The Labute approximate surface area is 122 Å². The Morgan fingerprint density at radius 3 is 1.05 bits per heavy atom. The summed E-state index contributed by atoms with van der Waals surface area (Å²) in [5.41, 5.74) is 11.4. The van der Waals surface area contributed by atoms with Crippen molar-refractivity contribution in [3.05, 3.63) is 70.8 Å². The maximum atomic E-state index is 6.37. The fraction of sp³-hybridized carbons (Fsp3) is 0.368. The van der Waals surface area contributed by atoms with Crippen molar-refractivity contribution in [1.82, 2.24) is 0 Å². The molecule has 0 spiro atoms. The second kappa shape index (κ2) is 6.23. The first-order valence-corrected chi connectivity index (χ1v) is 7.44. The van der Waals surface area contributed by atoms with E-state index in [1.54, 1.807) is 0 Å². The number of hydrogen-bond acceptors (Lipinski definition) is 1. The first-order chi connectivity index (χ1) is 9.49. The lowest BCUT2D eigenvalue weighted by molar-refractivity contribution is 0.839. The third kappa shape index (κ3) is 3.29. The van der Waals surface area contributed by atoms with Crippen LogP contribution in [-0.4, -0.2) is 0 Å². The van der Waals surface area contributed by atoms with E-state index in [0.717, 1.165) is 0 Å². The quantitative estimate of drug-likeness (QED) is 0.830. The predicted octanol–water partition coefficient (Wildman–Crippen LogP) is 4.98. The van der Waals surface area contributed by atoms with Crippen molar-refractivity contribution in [2.24, 2.45) is 5.73 Å². The molecule has 0 fully saturated rings. The average molecular weight is 267 g/mol. The molecule has 0 amide bonds. The van der Waals surface area contributed by atoms with E-state index in [2.05, 4.69) is 76.2 Å². The van der Waals surface area contributed by atoms with Gasteiger partial charge in [-0.05, 0) is 34.1 Å². The maximum Gasteiger partial charge on any atom is 0.0551 e. The van der Waals surface area contributed by atoms with Crippen LogP contribution in [0.5, 0.6) is 0 Å². The van der Waals surface area contributed by atoms with Crippen molar-refractivity contribution in [3.8, 4) is 0 Å². The molecule has 106 valence electrons. The highest BCUT2D eigenvalue weighted by molar-refractivity contribution is 5.35. The summed E-state index contributed by atoms with van der Waals surface area (Å²) in [7, 11) is 0. The lowest BCUT2D eigenvalue weighted by atomic mass is 9.94. The molecular weight excluding hydrogens is 242 g/mol. The normalized spacial score (nSPS) is 11.6. The van der Waals surface area contributed by atoms with Crippen LogP contribution in [0, 0.1) is 0 Å². The molecule has 0 aromatic heterocycles. The molecule has 0 aliphatic rings. The first kappa shape index (κ1) is 14.8. The van der Waals surface area contributed by atoms with E-state index in [0.29, 0.717) is 11.8 Å². The van der Waals surface area contributed by atoms with E-state index >= 15 is 0 Å². The Morgan fingerprint density at radius 2 is 0.800 bits per heavy atom. The molecule has 2 rings (SSSR count). The van der Waals surface area contributed by atoms with Crippen LogP contribution in [0.25, 0.3) is 0 Å². The monoisotopic (exact) mass is 267 g/mol.